The van der Waals surface area contributed by atoms with E-state index in [1.54, 1.807) is 20.8 Å². The molecular weight excluding hydrogens is 310 g/mol. The van der Waals surface area contributed by atoms with Crippen LogP contribution in [0.4, 0.5) is 0 Å². The number of allylic oxidation sites excluding steroid dienone is 1. The second kappa shape index (κ2) is 7.05. The number of methoxy groups -OCH3 is 3. The molecule has 6 nitrogen and oxygen atoms in total. The van der Waals surface area contributed by atoms with Gasteiger partial charge in [-0.25, -0.2) is 0 Å². The van der Waals surface area contributed by atoms with E-state index in [0.717, 1.165) is 0 Å². The van der Waals surface area contributed by atoms with Crippen LogP contribution in [-0.4, -0.2) is 39.2 Å². The Kier molecular flexibility index (Phi) is 5.88. The van der Waals surface area contributed by atoms with Crippen LogP contribution in [-0.2, 0) is 23.8 Å². The highest BCUT2D eigenvalue weighted by molar-refractivity contribution is 6.31. The van der Waals surface area contributed by atoms with Crippen molar-refractivity contribution in [1.82, 2.24) is 5.32 Å². The lowest BCUT2D eigenvalue weighted by Gasteiger charge is -2.39. The lowest BCUT2D eigenvalue weighted by molar-refractivity contribution is -0.153. The fourth-order valence-corrected chi connectivity index (χ4v) is 2.72. The topological polar surface area (TPSA) is 73.9 Å². The Morgan fingerprint density at radius 3 is 2.27 bits per heavy atom. The highest BCUT2D eigenvalue weighted by Gasteiger charge is 2.53. The zero-order chi connectivity index (χ0) is 17.1. The molecule has 7 heteroatoms. The average Bonchev–Trinajstić information content (AvgIpc) is 2.49. The molecule has 1 aliphatic carbocycles. The summed E-state index contributed by atoms with van der Waals surface area (Å²) in [6.07, 6.45) is 1.52. The molecule has 0 spiro atoms. The molecule has 0 fully saturated rings. The molecule has 0 aliphatic heterocycles. The summed E-state index contributed by atoms with van der Waals surface area (Å²) in [5, 5.41) is 3.04. The molecule has 22 heavy (non-hydrogen) atoms. The van der Waals surface area contributed by atoms with Gasteiger partial charge in [0.15, 0.2) is 16.9 Å². The van der Waals surface area contributed by atoms with Crippen molar-refractivity contribution in [2.75, 3.05) is 21.3 Å². The van der Waals surface area contributed by atoms with Crippen LogP contribution in [0.15, 0.2) is 22.6 Å². The Morgan fingerprint density at radius 2 is 1.86 bits per heavy atom. The number of hydrogen-bond acceptors (Lipinski definition) is 5. The van der Waals surface area contributed by atoms with E-state index in [2.05, 4.69) is 5.32 Å². The summed E-state index contributed by atoms with van der Waals surface area (Å²) in [6.45, 7) is 5.09. The van der Waals surface area contributed by atoms with Crippen LogP contribution in [0.2, 0.25) is 0 Å². The number of amides is 1. The minimum absolute atomic E-state index is 0.233. The minimum Gasteiger partial charge on any atom is -0.496 e. The number of esters is 1. The zero-order valence-electron chi connectivity index (χ0n) is 13.7. The maximum absolute atomic E-state index is 12.4. The van der Waals surface area contributed by atoms with Gasteiger partial charge in [0.2, 0.25) is 5.91 Å². The predicted octanol–water partition coefficient (Wildman–Crippen LogP) is 1.95. The lowest BCUT2D eigenvalue weighted by atomic mass is 9.76. The Balaban J connectivity index is 3.42. The molecule has 0 aromatic carbocycles. The van der Waals surface area contributed by atoms with Gasteiger partial charge in [0.05, 0.1) is 27.4 Å². The van der Waals surface area contributed by atoms with Crippen LogP contribution in [0.25, 0.3) is 0 Å². The van der Waals surface area contributed by atoms with Crippen LogP contribution in [0.1, 0.15) is 20.8 Å². The van der Waals surface area contributed by atoms with Gasteiger partial charge < -0.3 is 19.5 Å². The number of ether oxygens (including phenoxy) is 3. The van der Waals surface area contributed by atoms with Gasteiger partial charge >= 0.3 is 5.97 Å². The molecule has 2 atom stereocenters. The van der Waals surface area contributed by atoms with Gasteiger partial charge in [0.25, 0.3) is 0 Å². The monoisotopic (exact) mass is 331 g/mol. The first-order valence-corrected chi connectivity index (χ1v) is 7.20. The van der Waals surface area contributed by atoms with Gasteiger partial charge in [-0.15, -0.1) is 0 Å². The van der Waals surface area contributed by atoms with Gasteiger partial charge in [-0.1, -0.05) is 25.4 Å². The Morgan fingerprint density at radius 1 is 1.27 bits per heavy atom. The van der Waals surface area contributed by atoms with Gasteiger partial charge in [0, 0.05) is 17.0 Å². The first kappa shape index (κ1) is 18.4. The van der Waals surface area contributed by atoms with Crippen molar-refractivity contribution in [2.24, 2.45) is 11.3 Å². The molecule has 0 radical (unpaired) electrons. The largest absolute Gasteiger partial charge is 0.496 e. The third-order valence-corrected chi connectivity index (χ3v) is 3.99. The van der Waals surface area contributed by atoms with Gasteiger partial charge in [-0.2, -0.15) is 0 Å². The molecule has 0 aromatic rings. The van der Waals surface area contributed by atoms with Gasteiger partial charge in [-0.05, 0) is 6.92 Å². The van der Waals surface area contributed by atoms with Gasteiger partial charge in [0.1, 0.15) is 0 Å². The maximum atomic E-state index is 12.4. The summed E-state index contributed by atoms with van der Waals surface area (Å²) in [5.41, 5.74) is -1.33. The smallest absolute Gasteiger partial charge is 0.321 e. The second-order valence-corrected chi connectivity index (χ2v) is 5.86. The summed E-state index contributed by atoms with van der Waals surface area (Å²) in [7, 11) is 4.13. The lowest BCUT2D eigenvalue weighted by Crippen LogP contribution is -2.54. The standard InChI is InChI=1S/C15H22ClNO5/c1-8(2)13(18)17-11-9(16)7-10(20-4)12(21-5)15(11,3)14(19)22-6/h7-8,11H,1-6H3,(H,17,18). The highest BCUT2D eigenvalue weighted by atomic mass is 35.5. The van der Waals surface area contributed by atoms with Crippen molar-refractivity contribution in [3.05, 3.63) is 22.6 Å². The molecule has 1 N–H and O–H groups in total. The molecule has 2 unspecified atom stereocenters. The number of carbonyl (C=O) groups is 2. The van der Waals surface area contributed by atoms with Crippen molar-refractivity contribution in [1.29, 1.82) is 0 Å². The van der Waals surface area contributed by atoms with Crippen LogP contribution in [0, 0.1) is 11.3 Å². The average molecular weight is 332 g/mol. The molecule has 0 saturated heterocycles. The van der Waals surface area contributed by atoms with Crippen molar-refractivity contribution in [3.8, 4) is 0 Å². The van der Waals surface area contributed by atoms with E-state index in [-0.39, 0.29) is 22.6 Å². The number of halogens is 1. The Bertz CT molecular complexity index is 526. The van der Waals surface area contributed by atoms with E-state index in [9.17, 15) is 9.59 Å². The van der Waals surface area contributed by atoms with Crippen LogP contribution >= 0.6 is 11.6 Å². The van der Waals surface area contributed by atoms with Crippen molar-refractivity contribution < 1.29 is 23.8 Å². The highest BCUT2D eigenvalue weighted by Crippen LogP contribution is 2.43. The van der Waals surface area contributed by atoms with E-state index in [4.69, 9.17) is 25.8 Å². The van der Waals surface area contributed by atoms with E-state index < -0.39 is 17.4 Å². The number of nitrogens with one attached hydrogen (secondary N) is 1. The van der Waals surface area contributed by atoms with Crippen LogP contribution in [0.5, 0.6) is 0 Å². The molecule has 0 saturated carbocycles. The number of hydrogen-bond donors (Lipinski definition) is 1. The zero-order valence-corrected chi connectivity index (χ0v) is 14.4. The summed E-state index contributed by atoms with van der Waals surface area (Å²) in [5.74, 6) is -0.511. The third-order valence-electron chi connectivity index (χ3n) is 3.66. The molecular formula is C15H22ClNO5. The fourth-order valence-electron chi connectivity index (χ4n) is 2.35. The van der Waals surface area contributed by atoms with Crippen molar-refractivity contribution >= 4 is 23.5 Å². The van der Waals surface area contributed by atoms with Gasteiger partial charge in [-0.3, -0.25) is 9.59 Å². The fraction of sp³-hybridized carbons (Fsp3) is 0.600. The number of carbonyl (C=O) groups excluding carboxylic acids is 2. The molecule has 124 valence electrons. The molecule has 1 amide bonds. The molecule has 1 rings (SSSR count). The van der Waals surface area contributed by atoms with E-state index >= 15 is 0 Å². The van der Waals surface area contributed by atoms with E-state index in [1.807, 2.05) is 0 Å². The summed E-state index contributed by atoms with van der Waals surface area (Å²) in [4.78, 5) is 24.5. The Labute approximate surface area is 135 Å². The molecule has 0 heterocycles. The van der Waals surface area contributed by atoms with E-state index in [1.165, 1.54) is 27.4 Å². The van der Waals surface area contributed by atoms with Crippen LogP contribution in [0.3, 0.4) is 0 Å². The van der Waals surface area contributed by atoms with Crippen molar-refractivity contribution in [3.63, 3.8) is 0 Å². The normalized spacial score (nSPS) is 24.7. The summed E-state index contributed by atoms with van der Waals surface area (Å²) >= 11 is 6.28. The molecule has 0 aromatic heterocycles. The third kappa shape index (κ3) is 3.06. The number of rotatable bonds is 5. The van der Waals surface area contributed by atoms with E-state index in [0.29, 0.717) is 5.76 Å². The summed E-state index contributed by atoms with van der Waals surface area (Å²) < 4.78 is 15.5. The van der Waals surface area contributed by atoms with Crippen molar-refractivity contribution in [2.45, 2.75) is 26.8 Å². The second-order valence-electron chi connectivity index (χ2n) is 5.42. The summed E-state index contributed by atoms with van der Waals surface area (Å²) in [6, 6.07) is -0.801. The first-order valence-electron chi connectivity index (χ1n) is 6.82. The molecule has 0 bridgehead atoms. The SMILES string of the molecule is COC(=O)C1(C)C(OC)=C(OC)C=C(Cl)C1NC(=O)C(C)C. The first-order chi connectivity index (χ1) is 10.2. The quantitative estimate of drug-likeness (QED) is 0.779. The predicted molar refractivity (Wildman–Crippen MR) is 81.9 cm³/mol. The maximum Gasteiger partial charge on any atom is 0.321 e. The molecule has 1 aliphatic rings. The van der Waals surface area contributed by atoms with Crippen LogP contribution < -0.4 is 5.32 Å². The minimum atomic E-state index is -1.33. The Hall–Kier alpha value is -1.69.